The standard InChI is InChI=1S/C22H30N4O3S/c1-6-7-12-26(21(28)19(14(2)3)24-16(5)27)22(29)25-18-10-8-17(9-11-18)20-15(4)23-13-30-20/h8-11,13-14,19H,6-7,12H2,1-5H3,(H,24,27)(H,25,29). The van der Waals surface area contributed by atoms with E-state index in [1.165, 1.54) is 11.8 Å². The third-order valence-corrected chi connectivity index (χ3v) is 5.66. The number of aryl methyl sites for hydroxylation is 1. The highest BCUT2D eigenvalue weighted by Gasteiger charge is 2.31. The molecule has 8 heteroatoms. The smallest absolute Gasteiger partial charge is 0.328 e. The fourth-order valence-electron chi connectivity index (χ4n) is 3.00. The van der Waals surface area contributed by atoms with Crippen LogP contribution in [0.15, 0.2) is 29.8 Å². The van der Waals surface area contributed by atoms with Crippen LogP contribution in [0.2, 0.25) is 0 Å². The van der Waals surface area contributed by atoms with Gasteiger partial charge in [0, 0.05) is 19.2 Å². The minimum atomic E-state index is -0.748. The molecule has 1 atom stereocenters. The molecule has 2 rings (SSSR count). The molecular weight excluding hydrogens is 400 g/mol. The molecular formula is C22H30N4O3S. The lowest BCUT2D eigenvalue weighted by Gasteiger charge is -2.28. The van der Waals surface area contributed by atoms with E-state index < -0.39 is 18.0 Å². The highest BCUT2D eigenvalue weighted by Crippen LogP contribution is 2.28. The lowest BCUT2D eigenvalue weighted by atomic mass is 10.0. The van der Waals surface area contributed by atoms with E-state index in [2.05, 4.69) is 15.6 Å². The molecule has 0 saturated carbocycles. The molecule has 0 radical (unpaired) electrons. The lowest BCUT2D eigenvalue weighted by Crippen LogP contribution is -2.53. The van der Waals surface area contributed by atoms with Gasteiger partial charge in [-0.25, -0.2) is 9.78 Å². The Morgan fingerprint density at radius 2 is 1.83 bits per heavy atom. The molecule has 1 aromatic heterocycles. The second kappa shape index (κ2) is 10.9. The van der Waals surface area contributed by atoms with E-state index in [0.717, 1.165) is 22.6 Å². The lowest BCUT2D eigenvalue weighted by molar-refractivity contribution is -0.134. The van der Waals surface area contributed by atoms with Gasteiger partial charge in [0.1, 0.15) is 6.04 Å². The number of unbranched alkanes of at least 4 members (excludes halogenated alkanes) is 1. The van der Waals surface area contributed by atoms with E-state index in [0.29, 0.717) is 18.7 Å². The van der Waals surface area contributed by atoms with Gasteiger partial charge in [-0.2, -0.15) is 0 Å². The number of hydrogen-bond donors (Lipinski definition) is 2. The third kappa shape index (κ3) is 6.13. The Morgan fingerprint density at radius 1 is 1.17 bits per heavy atom. The largest absolute Gasteiger partial charge is 0.344 e. The number of urea groups is 1. The molecule has 0 aliphatic carbocycles. The number of carbonyl (C=O) groups is 3. The number of rotatable bonds is 8. The van der Waals surface area contributed by atoms with E-state index in [-0.39, 0.29) is 11.8 Å². The van der Waals surface area contributed by atoms with Crippen LogP contribution >= 0.6 is 11.3 Å². The van der Waals surface area contributed by atoms with Crippen molar-refractivity contribution in [2.24, 2.45) is 5.92 Å². The second-order valence-corrected chi connectivity index (χ2v) is 8.39. The van der Waals surface area contributed by atoms with E-state index in [1.54, 1.807) is 16.8 Å². The highest BCUT2D eigenvalue weighted by atomic mass is 32.1. The first kappa shape index (κ1) is 23.5. The number of amides is 4. The quantitative estimate of drug-likeness (QED) is 0.648. The fraction of sp³-hybridized carbons (Fsp3) is 0.455. The summed E-state index contributed by atoms with van der Waals surface area (Å²) in [7, 11) is 0. The summed E-state index contributed by atoms with van der Waals surface area (Å²) in [5.74, 6) is -0.838. The Balaban J connectivity index is 2.17. The molecule has 7 nitrogen and oxygen atoms in total. The van der Waals surface area contributed by atoms with Crippen molar-refractivity contribution in [1.82, 2.24) is 15.2 Å². The SMILES string of the molecule is CCCCN(C(=O)Nc1ccc(-c2scnc2C)cc1)C(=O)C(NC(C)=O)C(C)C. The summed E-state index contributed by atoms with van der Waals surface area (Å²) >= 11 is 1.57. The monoisotopic (exact) mass is 430 g/mol. The molecule has 0 bridgehead atoms. The molecule has 0 fully saturated rings. The molecule has 0 aliphatic rings. The number of thiazole rings is 1. The van der Waals surface area contributed by atoms with Crippen molar-refractivity contribution in [3.63, 3.8) is 0 Å². The van der Waals surface area contributed by atoms with Gasteiger partial charge < -0.3 is 10.6 Å². The molecule has 2 N–H and O–H groups in total. The summed E-state index contributed by atoms with van der Waals surface area (Å²) in [6.07, 6.45) is 1.53. The zero-order valence-electron chi connectivity index (χ0n) is 18.2. The molecule has 1 unspecified atom stereocenters. The van der Waals surface area contributed by atoms with Crippen molar-refractivity contribution in [2.45, 2.75) is 53.5 Å². The average molecular weight is 431 g/mol. The molecule has 0 saturated heterocycles. The van der Waals surface area contributed by atoms with Gasteiger partial charge in [-0.15, -0.1) is 11.3 Å². The van der Waals surface area contributed by atoms with Crippen LogP contribution in [0.25, 0.3) is 10.4 Å². The highest BCUT2D eigenvalue weighted by molar-refractivity contribution is 7.13. The molecule has 1 heterocycles. The summed E-state index contributed by atoms with van der Waals surface area (Å²) in [6.45, 7) is 9.30. The first-order chi connectivity index (χ1) is 14.2. The van der Waals surface area contributed by atoms with Crippen molar-refractivity contribution in [1.29, 1.82) is 0 Å². The van der Waals surface area contributed by atoms with Gasteiger partial charge >= 0.3 is 6.03 Å². The average Bonchev–Trinajstić information content (AvgIpc) is 3.12. The zero-order chi connectivity index (χ0) is 22.3. The minimum absolute atomic E-state index is 0.139. The van der Waals surface area contributed by atoms with E-state index in [9.17, 15) is 14.4 Å². The normalized spacial score (nSPS) is 11.8. The van der Waals surface area contributed by atoms with Crippen molar-refractivity contribution in [2.75, 3.05) is 11.9 Å². The Bertz CT molecular complexity index is 877. The van der Waals surface area contributed by atoms with Gasteiger partial charge in [-0.05, 0) is 37.0 Å². The Labute approximate surface area is 181 Å². The van der Waals surface area contributed by atoms with Crippen LogP contribution in [-0.4, -0.2) is 40.3 Å². The molecule has 0 spiro atoms. The number of benzene rings is 1. The maximum Gasteiger partial charge on any atom is 0.328 e. The van der Waals surface area contributed by atoms with Crippen molar-refractivity contribution in [3.05, 3.63) is 35.5 Å². The van der Waals surface area contributed by atoms with Gasteiger partial charge in [0.05, 0.1) is 16.1 Å². The Hall–Kier alpha value is -2.74. The Kier molecular flexibility index (Phi) is 8.53. The van der Waals surface area contributed by atoms with Gasteiger partial charge in [0.25, 0.3) is 5.91 Å². The summed E-state index contributed by atoms with van der Waals surface area (Å²) < 4.78 is 0. The van der Waals surface area contributed by atoms with Crippen LogP contribution in [0.5, 0.6) is 0 Å². The molecule has 4 amide bonds. The van der Waals surface area contributed by atoms with Crippen LogP contribution in [-0.2, 0) is 9.59 Å². The topological polar surface area (TPSA) is 91.4 Å². The number of imide groups is 1. The van der Waals surface area contributed by atoms with Gasteiger partial charge in [0.15, 0.2) is 0 Å². The second-order valence-electron chi connectivity index (χ2n) is 7.54. The first-order valence-electron chi connectivity index (χ1n) is 10.1. The summed E-state index contributed by atoms with van der Waals surface area (Å²) in [4.78, 5) is 44.0. The van der Waals surface area contributed by atoms with Gasteiger partial charge in [0.2, 0.25) is 5.91 Å². The van der Waals surface area contributed by atoms with Gasteiger partial charge in [-0.3, -0.25) is 14.5 Å². The third-order valence-electron chi connectivity index (χ3n) is 4.68. The van der Waals surface area contributed by atoms with E-state index >= 15 is 0 Å². The van der Waals surface area contributed by atoms with E-state index in [1.807, 2.05) is 52.0 Å². The maximum absolute atomic E-state index is 13.0. The van der Waals surface area contributed by atoms with E-state index in [4.69, 9.17) is 0 Å². The summed E-state index contributed by atoms with van der Waals surface area (Å²) in [5, 5.41) is 5.48. The van der Waals surface area contributed by atoms with Crippen molar-refractivity contribution < 1.29 is 14.4 Å². The maximum atomic E-state index is 13.0. The number of aromatic nitrogens is 1. The number of carbonyl (C=O) groups excluding carboxylic acids is 3. The first-order valence-corrected chi connectivity index (χ1v) is 11.0. The van der Waals surface area contributed by atoms with Crippen LogP contribution in [0.1, 0.15) is 46.2 Å². The van der Waals surface area contributed by atoms with Crippen LogP contribution in [0.4, 0.5) is 10.5 Å². The molecule has 30 heavy (non-hydrogen) atoms. The van der Waals surface area contributed by atoms with Gasteiger partial charge in [-0.1, -0.05) is 39.3 Å². The minimum Gasteiger partial charge on any atom is -0.344 e. The van der Waals surface area contributed by atoms with Crippen molar-refractivity contribution >= 4 is 34.9 Å². The summed E-state index contributed by atoms with van der Waals surface area (Å²) in [6, 6.07) is 6.21. The number of nitrogens with zero attached hydrogens (tertiary/aromatic N) is 2. The number of anilines is 1. The van der Waals surface area contributed by atoms with Crippen LogP contribution in [0.3, 0.4) is 0 Å². The number of hydrogen-bond acceptors (Lipinski definition) is 5. The fourth-order valence-corrected chi connectivity index (χ4v) is 3.81. The number of nitrogens with one attached hydrogen (secondary N) is 2. The Morgan fingerprint density at radius 3 is 2.33 bits per heavy atom. The van der Waals surface area contributed by atoms with Crippen LogP contribution in [0, 0.1) is 12.8 Å². The van der Waals surface area contributed by atoms with Crippen molar-refractivity contribution in [3.8, 4) is 10.4 Å². The van der Waals surface area contributed by atoms with Crippen LogP contribution < -0.4 is 10.6 Å². The molecule has 2 aromatic rings. The summed E-state index contributed by atoms with van der Waals surface area (Å²) in [5.41, 5.74) is 4.39. The molecule has 162 valence electrons. The molecule has 0 aliphatic heterocycles. The predicted octanol–water partition coefficient (Wildman–Crippen LogP) is 4.44. The zero-order valence-corrected chi connectivity index (χ0v) is 19.0. The predicted molar refractivity (Wildman–Crippen MR) is 120 cm³/mol. The molecule has 1 aromatic carbocycles.